The van der Waals surface area contributed by atoms with Crippen molar-refractivity contribution in [1.29, 1.82) is 0 Å². The van der Waals surface area contributed by atoms with Crippen LogP contribution in [-0.4, -0.2) is 27.8 Å². The van der Waals surface area contributed by atoms with E-state index in [1.54, 1.807) is 0 Å². The molecule has 0 saturated heterocycles. The molecule has 0 amide bonds. The van der Waals surface area contributed by atoms with Crippen molar-refractivity contribution in [3.8, 4) is 0 Å². The molecular formula is C2H6O12P2Ti-8. The number of rotatable bonds is 2. The van der Waals surface area contributed by atoms with Crippen molar-refractivity contribution < 1.29 is 81.4 Å². The molecule has 0 radical (unpaired) electrons. The van der Waals surface area contributed by atoms with Gasteiger partial charge in [-0.25, -0.2) is 4.79 Å². The minimum atomic E-state index is -5.68. The summed E-state index contributed by atoms with van der Waals surface area (Å²) in [6, 6.07) is 0. The molecule has 0 aliphatic carbocycles. The van der Waals surface area contributed by atoms with Gasteiger partial charge in [0.25, 0.3) is 0 Å². The number of carbonyl (C=O) groups excluding carboxylic acids is 1. The van der Waals surface area contributed by atoms with E-state index in [-0.39, 0.29) is 43.6 Å². The van der Waals surface area contributed by atoms with Crippen molar-refractivity contribution >= 4 is 21.6 Å². The largest absolute Gasteiger partial charge is 0.870 e. The molecule has 0 aromatic carbocycles. The van der Waals surface area contributed by atoms with E-state index in [1.807, 2.05) is 0 Å². The van der Waals surface area contributed by atoms with Gasteiger partial charge in [0.15, 0.2) is 0 Å². The van der Waals surface area contributed by atoms with E-state index in [0.717, 1.165) is 0 Å². The maximum absolute atomic E-state index is 9.32. The molecule has 0 bridgehead atoms. The van der Waals surface area contributed by atoms with E-state index in [4.69, 9.17) is 4.79 Å². The molecule has 0 unspecified atom stereocenters. The maximum atomic E-state index is 9.32. The molecular weight excluding hydrogens is 326 g/mol. The molecule has 0 aromatic heterocycles. The van der Waals surface area contributed by atoms with Crippen molar-refractivity contribution in [3.63, 3.8) is 0 Å². The van der Waals surface area contributed by atoms with E-state index in [9.17, 15) is 28.7 Å². The summed E-state index contributed by atoms with van der Waals surface area (Å²) in [7, 11) is -11.4. The Morgan fingerprint density at radius 1 is 0.882 bits per heavy atom. The van der Waals surface area contributed by atoms with Crippen molar-refractivity contribution in [2.45, 2.75) is 0 Å². The van der Waals surface area contributed by atoms with E-state index in [1.165, 1.54) is 5.94 Å². The Balaban J connectivity index is -0.0000000229. The zero-order valence-corrected chi connectivity index (χ0v) is 11.0. The van der Waals surface area contributed by atoms with Gasteiger partial charge in [-0.15, -0.1) is 0 Å². The zero-order chi connectivity index (χ0) is 10.4. The Labute approximate surface area is 110 Å². The van der Waals surface area contributed by atoms with Crippen LogP contribution in [0.4, 0.5) is 0 Å². The topological polar surface area (TPSA) is 273 Å². The Bertz CT molecular complexity index is 225. The molecule has 15 heteroatoms. The molecule has 0 aliphatic heterocycles. The van der Waals surface area contributed by atoms with Crippen LogP contribution >= 0.6 is 15.6 Å². The van der Waals surface area contributed by atoms with Gasteiger partial charge in [0, 0.05) is 21.7 Å². The zero-order valence-electron chi connectivity index (χ0n) is 7.66. The minimum Gasteiger partial charge on any atom is -0.870 e. The molecule has 4 N–H and O–H groups in total. The fourth-order valence-corrected chi connectivity index (χ4v) is 1.10. The first-order chi connectivity index (χ1) is 5.12. The second-order valence-electron chi connectivity index (χ2n) is 1.12. The second kappa shape index (κ2) is 18.6. The third-order valence-electron chi connectivity index (χ3n) is 0.200. The molecule has 0 aromatic rings. The van der Waals surface area contributed by atoms with Gasteiger partial charge in [0.1, 0.15) is 5.94 Å². The van der Waals surface area contributed by atoms with E-state index < -0.39 is 15.6 Å². The average molecular weight is 332 g/mol. The number of phosphoric acid groups is 2. The Morgan fingerprint density at radius 2 is 1.00 bits per heavy atom. The van der Waals surface area contributed by atoms with Crippen LogP contribution in [0.25, 0.3) is 0 Å². The van der Waals surface area contributed by atoms with Crippen LogP contribution in [0.2, 0.25) is 0 Å². The molecule has 17 heavy (non-hydrogen) atoms. The summed E-state index contributed by atoms with van der Waals surface area (Å²) in [5.41, 5.74) is 0. The predicted molar refractivity (Wildman–Crippen MR) is 35.4 cm³/mol. The first-order valence-electron chi connectivity index (χ1n) is 2.02. The van der Waals surface area contributed by atoms with Crippen LogP contribution in [0.15, 0.2) is 6.58 Å². The van der Waals surface area contributed by atoms with Crippen LogP contribution in [-0.2, 0) is 40.0 Å². The molecule has 0 heterocycles. The normalized spacial score (nSPS) is 7.76. The van der Waals surface area contributed by atoms with Gasteiger partial charge < -0.3 is 54.9 Å². The van der Waals surface area contributed by atoms with E-state index in [2.05, 4.69) is 10.9 Å². The van der Waals surface area contributed by atoms with Crippen molar-refractivity contribution in [2.75, 3.05) is 0 Å². The summed E-state index contributed by atoms with van der Waals surface area (Å²) < 4.78 is 21.2. The van der Waals surface area contributed by atoms with Crippen LogP contribution in [0.1, 0.15) is 0 Å². The number of hydrogen-bond acceptors (Lipinski definition) is 12. The monoisotopic (exact) mass is 332 g/mol. The van der Waals surface area contributed by atoms with Crippen molar-refractivity contribution in [3.05, 3.63) is 6.58 Å². The minimum absolute atomic E-state index is 0. The SMILES string of the molecule is C=C=O.O=P([O-])([O-])OP(=O)([O-])[O-].[OH-].[OH-].[OH-].[OH-].[Ti]. The summed E-state index contributed by atoms with van der Waals surface area (Å²) in [6.07, 6.45) is 0. The van der Waals surface area contributed by atoms with Gasteiger partial charge in [-0.1, -0.05) is 0 Å². The molecule has 0 fully saturated rings. The van der Waals surface area contributed by atoms with Gasteiger partial charge in [0.2, 0.25) is 0 Å². The quantitative estimate of drug-likeness (QED) is 0.265. The van der Waals surface area contributed by atoms with Gasteiger partial charge >= 0.3 is 0 Å². The van der Waals surface area contributed by atoms with Gasteiger partial charge in [-0.3, -0.25) is 0 Å². The first kappa shape index (κ1) is 43.3. The van der Waals surface area contributed by atoms with Crippen LogP contribution in [0.5, 0.6) is 0 Å². The second-order valence-corrected chi connectivity index (χ2v) is 3.56. The standard InChI is InChI=1S/C2H2O.H4O7P2.4H2O.Ti/c1-2-3;1-8(2,3)7-9(4,5)6;;;;;/h1H2;(H2,1,2,3)(H2,4,5,6);4*1H2;/p-8. The van der Waals surface area contributed by atoms with E-state index in [0.29, 0.717) is 0 Å². The van der Waals surface area contributed by atoms with Crippen LogP contribution in [0.3, 0.4) is 0 Å². The van der Waals surface area contributed by atoms with Gasteiger partial charge in [-0.05, 0) is 6.58 Å². The van der Waals surface area contributed by atoms with Crippen LogP contribution < -0.4 is 19.6 Å². The fraction of sp³-hybridized carbons (Fsp3) is 0. The molecule has 0 saturated carbocycles. The van der Waals surface area contributed by atoms with Crippen molar-refractivity contribution in [1.82, 2.24) is 0 Å². The summed E-state index contributed by atoms with van der Waals surface area (Å²) in [5.74, 6) is 1.25. The summed E-state index contributed by atoms with van der Waals surface area (Å²) in [4.78, 5) is 45.9. The molecule has 0 aliphatic rings. The first-order valence-corrected chi connectivity index (χ1v) is 4.94. The Morgan fingerprint density at radius 3 is 1.00 bits per heavy atom. The Hall–Kier alpha value is 0.264. The maximum Gasteiger partial charge on any atom is 0.116 e. The number of hydrogen-bond donors (Lipinski definition) is 0. The van der Waals surface area contributed by atoms with Gasteiger partial charge in [-0.2, -0.15) is 0 Å². The molecule has 0 atom stereocenters. The summed E-state index contributed by atoms with van der Waals surface area (Å²) in [5, 5.41) is 0. The average Bonchev–Trinajstić information content (AvgIpc) is 1.53. The molecule has 108 valence electrons. The fourth-order valence-electron chi connectivity index (χ4n) is 0.122. The summed E-state index contributed by atoms with van der Waals surface area (Å²) >= 11 is 0. The van der Waals surface area contributed by atoms with Crippen molar-refractivity contribution in [2.24, 2.45) is 0 Å². The van der Waals surface area contributed by atoms with E-state index >= 15 is 0 Å². The Kier molecular flexibility index (Phi) is 47.5. The summed E-state index contributed by atoms with van der Waals surface area (Å²) in [6.45, 7) is 2.68. The van der Waals surface area contributed by atoms with Gasteiger partial charge in [0.05, 0.1) is 15.6 Å². The molecule has 0 rings (SSSR count). The molecule has 12 nitrogen and oxygen atoms in total. The smallest absolute Gasteiger partial charge is 0.116 e. The molecule has 0 spiro atoms. The van der Waals surface area contributed by atoms with Crippen LogP contribution in [0, 0.1) is 0 Å². The third kappa shape index (κ3) is 84.3. The third-order valence-corrected chi connectivity index (χ3v) is 1.80. The predicted octanol–water partition coefficient (Wildman–Crippen LogP) is -4.05.